The number of amides is 1. The van der Waals surface area contributed by atoms with Crippen molar-refractivity contribution >= 4 is 34.2 Å². The molecule has 0 aliphatic rings. The monoisotopic (exact) mass is 299 g/mol. The second-order valence-corrected chi connectivity index (χ2v) is 4.95. The highest BCUT2D eigenvalue weighted by Gasteiger charge is 2.15. The first-order valence-corrected chi connectivity index (χ1v) is 7.18. The van der Waals surface area contributed by atoms with E-state index in [1.54, 1.807) is 18.4 Å². The van der Waals surface area contributed by atoms with E-state index in [9.17, 15) is 14.4 Å². The van der Waals surface area contributed by atoms with Gasteiger partial charge in [0.15, 0.2) is 0 Å². The number of nitrogens with one attached hydrogen (secondary N) is 1. The Morgan fingerprint density at radius 1 is 1.30 bits per heavy atom. The Morgan fingerprint density at radius 2 is 2.00 bits per heavy atom. The van der Waals surface area contributed by atoms with E-state index in [1.165, 1.54) is 11.3 Å². The van der Waals surface area contributed by atoms with Crippen LogP contribution in [0.5, 0.6) is 0 Å². The molecule has 0 saturated heterocycles. The van der Waals surface area contributed by atoms with E-state index in [0.29, 0.717) is 23.4 Å². The number of carbonyl (C=O) groups is 3. The lowest BCUT2D eigenvalue weighted by Crippen LogP contribution is -2.13. The third-order valence-corrected chi connectivity index (χ3v) is 3.29. The Morgan fingerprint density at radius 3 is 2.65 bits per heavy atom. The van der Waals surface area contributed by atoms with Gasteiger partial charge in [-0.25, -0.2) is 4.79 Å². The van der Waals surface area contributed by atoms with E-state index in [4.69, 9.17) is 9.84 Å². The average Bonchev–Trinajstić information content (AvgIpc) is 2.83. The van der Waals surface area contributed by atoms with Gasteiger partial charge in [-0.3, -0.25) is 9.59 Å². The summed E-state index contributed by atoms with van der Waals surface area (Å²) in [5.41, 5.74) is 0.343. The third-order valence-electron chi connectivity index (χ3n) is 2.46. The predicted molar refractivity (Wildman–Crippen MR) is 75.0 cm³/mol. The van der Waals surface area contributed by atoms with Crippen molar-refractivity contribution in [2.45, 2.75) is 32.6 Å². The molecule has 1 amide bonds. The van der Waals surface area contributed by atoms with Crippen molar-refractivity contribution in [2.24, 2.45) is 0 Å². The Labute approximate surface area is 120 Å². The molecule has 0 fully saturated rings. The molecule has 0 bridgehead atoms. The lowest BCUT2D eigenvalue weighted by molar-refractivity contribution is -0.137. The highest BCUT2D eigenvalue weighted by atomic mass is 32.1. The number of anilines is 1. The fourth-order valence-corrected chi connectivity index (χ4v) is 2.32. The van der Waals surface area contributed by atoms with E-state index in [2.05, 4.69) is 5.32 Å². The molecule has 0 atom stereocenters. The third kappa shape index (κ3) is 5.40. The summed E-state index contributed by atoms with van der Waals surface area (Å²) in [6.07, 6.45) is 1.24. The number of carbonyl (C=O) groups excluding carboxylic acids is 2. The fourth-order valence-electron chi connectivity index (χ4n) is 1.53. The van der Waals surface area contributed by atoms with E-state index >= 15 is 0 Å². The molecule has 0 saturated carbocycles. The van der Waals surface area contributed by atoms with Crippen molar-refractivity contribution < 1.29 is 24.2 Å². The van der Waals surface area contributed by atoms with Crippen LogP contribution in [-0.2, 0) is 14.3 Å². The zero-order valence-electron chi connectivity index (χ0n) is 11.2. The number of unbranched alkanes of at least 4 members (excludes halogenated alkanes) is 1. The van der Waals surface area contributed by atoms with Crippen LogP contribution in [0.1, 0.15) is 43.0 Å². The lowest BCUT2D eigenvalue weighted by atomic mass is 10.2. The van der Waals surface area contributed by atoms with Gasteiger partial charge in [-0.1, -0.05) is 0 Å². The molecular formula is C13H17NO5S. The number of rotatable bonds is 8. The summed E-state index contributed by atoms with van der Waals surface area (Å²) in [6.45, 7) is 1.99. The number of esters is 1. The maximum atomic E-state index is 11.7. The van der Waals surface area contributed by atoms with Crippen molar-refractivity contribution in [1.29, 1.82) is 0 Å². The molecular weight excluding hydrogens is 282 g/mol. The van der Waals surface area contributed by atoms with Crippen LogP contribution < -0.4 is 5.32 Å². The van der Waals surface area contributed by atoms with E-state index in [-0.39, 0.29) is 25.4 Å². The Hall–Kier alpha value is -1.89. The van der Waals surface area contributed by atoms with Crippen LogP contribution in [0.3, 0.4) is 0 Å². The van der Waals surface area contributed by atoms with Gasteiger partial charge >= 0.3 is 11.9 Å². The van der Waals surface area contributed by atoms with Gasteiger partial charge in [-0.05, 0) is 31.2 Å². The highest BCUT2D eigenvalue weighted by molar-refractivity contribution is 7.14. The summed E-state index contributed by atoms with van der Waals surface area (Å²) in [5, 5.41) is 13.3. The van der Waals surface area contributed by atoms with Crippen LogP contribution in [0.4, 0.5) is 5.00 Å². The summed E-state index contributed by atoms with van der Waals surface area (Å²) < 4.78 is 4.88. The largest absolute Gasteiger partial charge is 0.481 e. The number of carboxylic acids is 1. The van der Waals surface area contributed by atoms with Gasteiger partial charge in [0.05, 0.1) is 12.2 Å². The van der Waals surface area contributed by atoms with Crippen molar-refractivity contribution in [3.05, 3.63) is 17.0 Å². The van der Waals surface area contributed by atoms with Crippen LogP contribution in [0.2, 0.25) is 0 Å². The maximum Gasteiger partial charge on any atom is 0.341 e. The summed E-state index contributed by atoms with van der Waals surface area (Å²) in [6, 6.07) is 1.60. The topological polar surface area (TPSA) is 92.7 Å². The molecule has 1 rings (SSSR count). The number of thiophene rings is 1. The SMILES string of the molecule is CCOC(=O)c1ccsc1NC(=O)CCCCC(=O)O. The van der Waals surface area contributed by atoms with Gasteiger partial charge in [0, 0.05) is 12.8 Å². The van der Waals surface area contributed by atoms with Crippen molar-refractivity contribution in [2.75, 3.05) is 11.9 Å². The molecule has 0 unspecified atom stereocenters. The number of hydrogen-bond donors (Lipinski definition) is 2. The summed E-state index contributed by atoms with van der Waals surface area (Å²) >= 11 is 1.25. The highest BCUT2D eigenvalue weighted by Crippen LogP contribution is 2.24. The molecule has 0 aliphatic heterocycles. The quantitative estimate of drug-likeness (QED) is 0.568. The van der Waals surface area contributed by atoms with E-state index in [1.807, 2.05) is 0 Å². The molecule has 6 nitrogen and oxygen atoms in total. The van der Waals surface area contributed by atoms with Gasteiger partial charge in [0.2, 0.25) is 5.91 Å². The molecule has 0 radical (unpaired) electrons. The van der Waals surface area contributed by atoms with E-state index in [0.717, 1.165) is 0 Å². The van der Waals surface area contributed by atoms with Crippen LogP contribution >= 0.6 is 11.3 Å². The molecule has 110 valence electrons. The first-order valence-electron chi connectivity index (χ1n) is 6.30. The maximum absolute atomic E-state index is 11.7. The normalized spacial score (nSPS) is 10.1. The van der Waals surface area contributed by atoms with Crippen molar-refractivity contribution in [3.8, 4) is 0 Å². The second kappa shape index (κ2) is 8.31. The molecule has 0 spiro atoms. The zero-order valence-corrected chi connectivity index (χ0v) is 12.0. The Bertz CT molecular complexity index is 483. The average molecular weight is 299 g/mol. The second-order valence-electron chi connectivity index (χ2n) is 4.03. The number of hydrogen-bond acceptors (Lipinski definition) is 5. The molecule has 1 heterocycles. The number of carboxylic acid groups (broad SMARTS) is 1. The van der Waals surface area contributed by atoms with Crippen LogP contribution in [-0.4, -0.2) is 29.6 Å². The van der Waals surface area contributed by atoms with Crippen molar-refractivity contribution in [1.82, 2.24) is 0 Å². The van der Waals surface area contributed by atoms with Gasteiger partial charge in [0.25, 0.3) is 0 Å². The molecule has 2 N–H and O–H groups in total. The van der Waals surface area contributed by atoms with E-state index < -0.39 is 11.9 Å². The smallest absolute Gasteiger partial charge is 0.341 e. The van der Waals surface area contributed by atoms with Crippen molar-refractivity contribution in [3.63, 3.8) is 0 Å². The van der Waals surface area contributed by atoms with Gasteiger partial charge in [0.1, 0.15) is 5.00 Å². The summed E-state index contributed by atoms with van der Waals surface area (Å²) in [7, 11) is 0. The summed E-state index contributed by atoms with van der Waals surface area (Å²) in [4.78, 5) is 33.6. The van der Waals surface area contributed by atoms with Crippen LogP contribution in [0.25, 0.3) is 0 Å². The standard InChI is InChI=1S/C13H17NO5S/c1-2-19-13(18)9-7-8-20-12(9)14-10(15)5-3-4-6-11(16)17/h7-8H,2-6H2,1H3,(H,14,15)(H,16,17). The molecule has 1 aromatic rings. The minimum Gasteiger partial charge on any atom is -0.481 e. The number of ether oxygens (including phenoxy) is 1. The van der Waals surface area contributed by atoms with Gasteiger partial charge in [-0.15, -0.1) is 11.3 Å². The summed E-state index contributed by atoms with van der Waals surface area (Å²) in [5.74, 6) is -1.56. The fraction of sp³-hybridized carbons (Fsp3) is 0.462. The van der Waals surface area contributed by atoms with Gasteiger partial charge in [-0.2, -0.15) is 0 Å². The molecule has 20 heavy (non-hydrogen) atoms. The minimum atomic E-state index is -0.867. The first kappa shape index (κ1) is 16.2. The molecule has 1 aromatic heterocycles. The molecule has 7 heteroatoms. The van der Waals surface area contributed by atoms with Gasteiger partial charge < -0.3 is 15.2 Å². The Kier molecular flexibility index (Phi) is 6.72. The van der Waals surface area contributed by atoms with Crippen LogP contribution in [0.15, 0.2) is 11.4 Å². The Balaban J connectivity index is 2.44. The zero-order chi connectivity index (χ0) is 15.0. The molecule has 0 aromatic carbocycles. The van der Waals surface area contributed by atoms with Crippen LogP contribution in [0, 0.1) is 0 Å². The first-order chi connectivity index (χ1) is 9.54. The lowest BCUT2D eigenvalue weighted by Gasteiger charge is -2.05. The number of aliphatic carboxylic acids is 1. The minimum absolute atomic E-state index is 0.0559. The molecule has 0 aliphatic carbocycles. The predicted octanol–water partition coefficient (Wildman–Crippen LogP) is 2.51.